The van der Waals surface area contributed by atoms with E-state index in [1.165, 1.54) is 0 Å². The summed E-state index contributed by atoms with van der Waals surface area (Å²) in [6, 6.07) is 0. The zero-order valence-corrected chi connectivity index (χ0v) is 4.40. The fourth-order valence-electron chi connectivity index (χ4n) is 0.129. The van der Waals surface area contributed by atoms with Gasteiger partial charge in [0, 0.05) is 0 Å². The van der Waals surface area contributed by atoms with Crippen molar-refractivity contribution >= 4 is 11.9 Å². The van der Waals surface area contributed by atoms with Gasteiger partial charge in [0.15, 0.2) is 0 Å². The van der Waals surface area contributed by atoms with Crippen molar-refractivity contribution in [2.24, 2.45) is 5.90 Å². The van der Waals surface area contributed by atoms with Crippen LogP contribution in [0.25, 0.3) is 0 Å². The summed E-state index contributed by atoms with van der Waals surface area (Å²) in [7, 11) is 0. The number of carbonyl (C=O) groups is 2. The van der Waals surface area contributed by atoms with Gasteiger partial charge in [-0.2, -0.15) is 5.90 Å². The SMILES string of the molecule is N[O].O=C(O)CC(=O)O. The predicted molar refractivity (Wildman–Crippen MR) is 24.8 cm³/mol. The highest BCUT2D eigenvalue weighted by Gasteiger charge is 2.01. The first-order chi connectivity index (χ1) is 4.13. The van der Waals surface area contributed by atoms with E-state index >= 15 is 0 Å². The van der Waals surface area contributed by atoms with E-state index in [9.17, 15) is 9.59 Å². The summed E-state index contributed by atoms with van der Waals surface area (Å²) in [5.74, 6) is 0.625. The highest BCUT2D eigenvalue weighted by molar-refractivity contribution is 5.88. The van der Waals surface area contributed by atoms with E-state index in [1.807, 2.05) is 0 Å². The van der Waals surface area contributed by atoms with Crippen molar-refractivity contribution in [3.8, 4) is 0 Å². The Morgan fingerprint density at radius 3 is 1.33 bits per heavy atom. The summed E-state index contributed by atoms with van der Waals surface area (Å²) >= 11 is 0. The third-order valence-electron chi connectivity index (χ3n) is 0.302. The minimum atomic E-state index is -1.31. The van der Waals surface area contributed by atoms with E-state index in [1.54, 1.807) is 0 Å². The second kappa shape index (κ2) is 6.86. The molecular formula is C3H6NO5. The van der Waals surface area contributed by atoms with Gasteiger partial charge in [0.25, 0.3) is 0 Å². The molecule has 0 aromatic rings. The van der Waals surface area contributed by atoms with Crippen molar-refractivity contribution in [2.45, 2.75) is 6.42 Å². The Kier molecular flexibility index (Phi) is 8.21. The molecule has 0 saturated heterocycles. The van der Waals surface area contributed by atoms with E-state index in [0.29, 0.717) is 0 Å². The van der Waals surface area contributed by atoms with Crippen LogP contribution in [-0.4, -0.2) is 22.2 Å². The molecule has 0 bridgehead atoms. The van der Waals surface area contributed by atoms with E-state index in [4.69, 9.17) is 15.4 Å². The Hall–Kier alpha value is -1.14. The van der Waals surface area contributed by atoms with Gasteiger partial charge in [0.05, 0.1) is 0 Å². The number of hydrogen-bond donors (Lipinski definition) is 3. The monoisotopic (exact) mass is 136 g/mol. The van der Waals surface area contributed by atoms with E-state index in [2.05, 4.69) is 5.90 Å². The van der Waals surface area contributed by atoms with Crippen LogP contribution in [0.2, 0.25) is 0 Å². The first kappa shape index (κ1) is 10.8. The molecule has 0 rings (SSSR count). The van der Waals surface area contributed by atoms with Crippen LogP contribution in [0.5, 0.6) is 0 Å². The van der Waals surface area contributed by atoms with Crippen molar-refractivity contribution in [2.75, 3.05) is 0 Å². The van der Waals surface area contributed by atoms with Crippen LogP contribution in [0.15, 0.2) is 0 Å². The van der Waals surface area contributed by atoms with Crippen molar-refractivity contribution < 1.29 is 25.0 Å². The molecule has 0 fully saturated rings. The topological polar surface area (TPSA) is 121 Å². The maximum absolute atomic E-state index is 9.43. The molecule has 0 saturated carbocycles. The molecule has 0 spiro atoms. The Bertz CT molecular complexity index is 88.4. The minimum Gasteiger partial charge on any atom is -0.481 e. The smallest absolute Gasteiger partial charge is 0.314 e. The third-order valence-corrected chi connectivity index (χ3v) is 0.302. The zero-order chi connectivity index (χ0) is 7.86. The summed E-state index contributed by atoms with van der Waals surface area (Å²) < 4.78 is 0. The summed E-state index contributed by atoms with van der Waals surface area (Å²) in [4.78, 5) is 18.9. The fourth-order valence-corrected chi connectivity index (χ4v) is 0.129. The van der Waals surface area contributed by atoms with Crippen LogP contribution in [0, 0.1) is 0 Å². The molecule has 4 N–H and O–H groups in total. The Labute approximate surface area is 50.5 Å². The minimum absolute atomic E-state index is 0.806. The Balaban J connectivity index is 0. The lowest BCUT2D eigenvalue weighted by atomic mass is 10.5. The normalized spacial score (nSPS) is 6.89. The van der Waals surface area contributed by atoms with E-state index in [-0.39, 0.29) is 0 Å². The molecule has 6 heteroatoms. The molecule has 0 unspecified atom stereocenters. The maximum atomic E-state index is 9.43. The molecule has 0 aliphatic rings. The second-order valence-electron chi connectivity index (χ2n) is 0.964. The average Bonchev–Trinajstić information content (AvgIpc) is 1.68. The second-order valence-corrected chi connectivity index (χ2v) is 0.964. The molecule has 1 radical (unpaired) electrons. The van der Waals surface area contributed by atoms with Crippen LogP contribution in [0.4, 0.5) is 0 Å². The lowest BCUT2D eigenvalue weighted by molar-refractivity contribution is -0.147. The molecule has 9 heavy (non-hydrogen) atoms. The van der Waals surface area contributed by atoms with Gasteiger partial charge >= 0.3 is 11.9 Å². The standard InChI is InChI=1S/C3H4O4.H2NO/c4-2(5)1-3(6)7;1-2/h1H2,(H,4,5)(H,6,7);1H2. The number of carboxylic acids is 2. The van der Waals surface area contributed by atoms with Gasteiger partial charge in [-0.15, -0.1) is 5.21 Å². The number of rotatable bonds is 2. The van der Waals surface area contributed by atoms with Crippen LogP contribution in [-0.2, 0) is 14.8 Å². The highest BCUT2D eigenvalue weighted by Crippen LogP contribution is 1.74. The fraction of sp³-hybridized carbons (Fsp3) is 0.333. The lowest BCUT2D eigenvalue weighted by Gasteiger charge is -1.80. The van der Waals surface area contributed by atoms with Crippen molar-refractivity contribution in [1.29, 1.82) is 0 Å². The average molecular weight is 136 g/mol. The number of aliphatic carboxylic acids is 2. The summed E-state index contributed by atoms with van der Waals surface area (Å²) in [5, 5.41) is 23.2. The first-order valence-corrected chi connectivity index (χ1v) is 1.80. The summed E-state index contributed by atoms with van der Waals surface area (Å²) in [5.41, 5.74) is 0. The van der Waals surface area contributed by atoms with E-state index in [0.717, 1.165) is 0 Å². The van der Waals surface area contributed by atoms with Crippen molar-refractivity contribution in [3.05, 3.63) is 0 Å². The van der Waals surface area contributed by atoms with Crippen LogP contribution in [0.1, 0.15) is 6.42 Å². The van der Waals surface area contributed by atoms with Crippen LogP contribution < -0.4 is 5.90 Å². The van der Waals surface area contributed by atoms with Crippen molar-refractivity contribution in [3.63, 3.8) is 0 Å². The van der Waals surface area contributed by atoms with Crippen LogP contribution in [0.3, 0.4) is 0 Å². The molecule has 0 heterocycles. The summed E-state index contributed by atoms with van der Waals surface area (Å²) in [6.07, 6.45) is -0.806. The van der Waals surface area contributed by atoms with Gasteiger partial charge in [0.1, 0.15) is 6.42 Å². The lowest BCUT2D eigenvalue weighted by Crippen LogP contribution is -2.03. The molecule has 0 aliphatic carbocycles. The van der Waals surface area contributed by atoms with Gasteiger partial charge < -0.3 is 10.2 Å². The number of hydrogen-bond acceptors (Lipinski definition) is 3. The van der Waals surface area contributed by atoms with Gasteiger partial charge in [-0.05, 0) is 0 Å². The van der Waals surface area contributed by atoms with Gasteiger partial charge in [0.2, 0.25) is 0 Å². The van der Waals surface area contributed by atoms with Gasteiger partial charge in [-0.25, -0.2) is 0 Å². The van der Waals surface area contributed by atoms with Gasteiger partial charge in [-0.3, -0.25) is 9.59 Å². The Morgan fingerprint density at radius 2 is 1.33 bits per heavy atom. The third kappa shape index (κ3) is 19.8. The molecule has 0 amide bonds. The first-order valence-electron chi connectivity index (χ1n) is 1.80. The van der Waals surface area contributed by atoms with Crippen molar-refractivity contribution in [1.82, 2.24) is 0 Å². The highest BCUT2D eigenvalue weighted by atomic mass is 16.4. The van der Waals surface area contributed by atoms with Gasteiger partial charge in [-0.1, -0.05) is 0 Å². The molecule has 0 aliphatic heterocycles. The molecule has 0 aromatic heterocycles. The largest absolute Gasteiger partial charge is 0.481 e. The molecule has 0 atom stereocenters. The maximum Gasteiger partial charge on any atom is 0.314 e. The quantitative estimate of drug-likeness (QED) is 0.326. The van der Waals surface area contributed by atoms with Crippen LogP contribution >= 0.6 is 0 Å². The Morgan fingerprint density at radius 1 is 1.11 bits per heavy atom. The number of carboxylic acid groups (broad SMARTS) is 2. The van der Waals surface area contributed by atoms with E-state index < -0.39 is 18.4 Å². The predicted octanol–water partition coefficient (Wildman–Crippen LogP) is -1.16. The molecule has 0 aromatic carbocycles. The zero-order valence-electron chi connectivity index (χ0n) is 4.40. The molecule has 53 valence electrons. The molecular weight excluding hydrogens is 130 g/mol. The molecule has 6 nitrogen and oxygen atoms in total. The summed E-state index contributed by atoms with van der Waals surface area (Å²) in [6.45, 7) is 0. The number of nitrogens with two attached hydrogens (primary N) is 1.